The summed E-state index contributed by atoms with van der Waals surface area (Å²) in [6, 6.07) is 10.2. The van der Waals surface area contributed by atoms with Crippen molar-refractivity contribution < 1.29 is 17.6 Å². The molecule has 0 atom stereocenters. The van der Waals surface area contributed by atoms with Crippen molar-refractivity contribution in [2.45, 2.75) is 19.4 Å². The fourth-order valence-electron chi connectivity index (χ4n) is 2.50. The minimum Gasteiger partial charge on any atom is -0.459 e. The molecule has 0 radical (unpaired) electrons. The van der Waals surface area contributed by atoms with Gasteiger partial charge in [-0.1, -0.05) is 12.1 Å². The lowest BCUT2D eigenvalue weighted by Crippen LogP contribution is -2.38. The third-order valence-corrected chi connectivity index (χ3v) is 5.37. The lowest BCUT2D eigenvalue weighted by atomic mass is 10.2. The van der Waals surface area contributed by atoms with Gasteiger partial charge in [0.25, 0.3) is 16.1 Å². The fraction of sp³-hybridized carbons (Fsp3) is 0.312. The van der Waals surface area contributed by atoms with Gasteiger partial charge in [-0.15, -0.1) is 0 Å². The first-order valence-corrected chi connectivity index (χ1v) is 9.17. The van der Waals surface area contributed by atoms with Crippen molar-refractivity contribution in [2.75, 3.05) is 18.4 Å². The van der Waals surface area contributed by atoms with Crippen LogP contribution in [0, 0.1) is 0 Å². The fourth-order valence-corrected chi connectivity index (χ4v) is 3.77. The van der Waals surface area contributed by atoms with Crippen molar-refractivity contribution >= 4 is 21.8 Å². The molecule has 0 saturated carbocycles. The Morgan fingerprint density at radius 3 is 2.46 bits per heavy atom. The number of hydrogen-bond donors (Lipinski definition) is 2. The molecule has 1 saturated heterocycles. The summed E-state index contributed by atoms with van der Waals surface area (Å²) < 4.78 is 33.3. The van der Waals surface area contributed by atoms with Gasteiger partial charge in [0.15, 0.2) is 5.76 Å². The molecule has 0 aliphatic carbocycles. The molecule has 2 aromatic rings. The van der Waals surface area contributed by atoms with E-state index in [9.17, 15) is 13.2 Å². The van der Waals surface area contributed by atoms with Crippen LogP contribution in [0.4, 0.5) is 5.69 Å². The van der Waals surface area contributed by atoms with E-state index in [0.29, 0.717) is 18.8 Å². The molecule has 1 aliphatic rings. The molecule has 1 aromatic heterocycles. The minimum absolute atomic E-state index is 0.214. The molecule has 2 heterocycles. The average Bonchev–Trinajstić information content (AvgIpc) is 3.27. The van der Waals surface area contributed by atoms with Crippen LogP contribution in [0.5, 0.6) is 0 Å². The number of carbonyl (C=O) groups is 1. The number of anilines is 1. The molecule has 2 N–H and O–H groups in total. The molecule has 0 bridgehead atoms. The topological polar surface area (TPSA) is 91.7 Å². The Morgan fingerprint density at radius 1 is 1.12 bits per heavy atom. The summed E-state index contributed by atoms with van der Waals surface area (Å²) in [4.78, 5) is 11.9. The quantitative estimate of drug-likeness (QED) is 0.834. The number of nitrogens with one attached hydrogen (secondary N) is 2. The van der Waals surface area contributed by atoms with Crippen LogP contribution in [0.2, 0.25) is 0 Å². The van der Waals surface area contributed by atoms with E-state index in [1.54, 1.807) is 36.4 Å². The highest BCUT2D eigenvalue weighted by Gasteiger charge is 2.24. The minimum atomic E-state index is -3.42. The van der Waals surface area contributed by atoms with Gasteiger partial charge in [-0.25, -0.2) is 0 Å². The highest BCUT2D eigenvalue weighted by atomic mass is 32.2. The zero-order valence-corrected chi connectivity index (χ0v) is 13.9. The number of nitrogens with zero attached hydrogens (tertiary/aromatic N) is 1. The number of rotatable bonds is 6. The van der Waals surface area contributed by atoms with Gasteiger partial charge in [0.05, 0.1) is 6.26 Å². The van der Waals surface area contributed by atoms with Gasteiger partial charge in [-0.05, 0) is 42.7 Å². The van der Waals surface area contributed by atoms with Gasteiger partial charge in [0.2, 0.25) is 0 Å². The molecule has 24 heavy (non-hydrogen) atoms. The van der Waals surface area contributed by atoms with E-state index in [-0.39, 0.29) is 18.2 Å². The molecular weight excluding hydrogens is 330 g/mol. The van der Waals surface area contributed by atoms with Crippen LogP contribution in [0.25, 0.3) is 0 Å². The van der Waals surface area contributed by atoms with E-state index in [4.69, 9.17) is 4.42 Å². The van der Waals surface area contributed by atoms with Crippen LogP contribution >= 0.6 is 0 Å². The van der Waals surface area contributed by atoms with Gasteiger partial charge in [0, 0.05) is 25.3 Å². The number of benzene rings is 1. The van der Waals surface area contributed by atoms with Crippen LogP contribution < -0.4 is 10.0 Å². The molecule has 7 nitrogen and oxygen atoms in total. The first-order chi connectivity index (χ1) is 11.5. The average molecular weight is 349 g/mol. The van der Waals surface area contributed by atoms with Crippen molar-refractivity contribution in [1.82, 2.24) is 9.03 Å². The Labute approximate surface area is 140 Å². The van der Waals surface area contributed by atoms with Gasteiger partial charge in [0.1, 0.15) is 0 Å². The predicted octanol–water partition coefficient (Wildman–Crippen LogP) is 1.96. The molecule has 1 amide bonds. The SMILES string of the molecule is O=C(Nc1ccc(CNS(=O)(=O)N2CCCC2)cc1)c1ccco1. The third kappa shape index (κ3) is 4.02. The summed E-state index contributed by atoms with van der Waals surface area (Å²) in [7, 11) is -3.42. The van der Waals surface area contributed by atoms with E-state index in [2.05, 4.69) is 10.0 Å². The lowest BCUT2D eigenvalue weighted by Gasteiger charge is -2.16. The number of hydrogen-bond acceptors (Lipinski definition) is 4. The van der Waals surface area contributed by atoms with Crippen molar-refractivity contribution in [3.8, 4) is 0 Å². The first-order valence-electron chi connectivity index (χ1n) is 7.73. The Hall–Kier alpha value is -2.16. The molecule has 1 aromatic carbocycles. The Kier molecular flexibility index (Phi) is 4.98. The lowest BCUT2D eigenvalue weighted by molar-refractivity contribution is 0.0996. The Morgan fingerprint density at radius 2 is 1.83 bits per heavy atom. The second-order valence-corrected chi connectivity index (χ2v) is 7.32. The van der Waals surface area contributed by atoms with E-state index in [0.717, 1.165) is 18.4 Å². The summed E-state index contributed by atoms with van der Waals surface area (Å²) in [6.07, 6.45) is 3.25. The van der Waals surface area contributed by atoms with Gasteiger partial charge in [-0.2, -0.15) is 17.4 Å². The van der Waals surface area contributed by atoms with Crippen LogP contribution in [0.3, 0.4) is 0 Å². The molecule has 3 rings (SSSR count). The maximum Gasteiger partial charge on any atom is 0.291 e. The summed E-state index contributed by atoms with van der Waals surface area (Å²) in [5.41, 5.74) is 1.43. The smallest absolute Gasteiger partial charge is 0.291 e. The van der Waals surface area contributed by atoms with Gasteiger partial charge < -0.3 is 9.73 Å². The van der Waals surface area contributed by atoms with Crippen LogP contribution in [0.15, 0.2) is 47.1 Å². The van der Waals surface area contributed by atoms with Crippen molar-refractivity contribution in [1.29, 1.82) is 0 Å². The zero-order valence-electron chi connectivity index (χ0n) is 13.1. The second kappa shape index (κ2) is 7.16. The van der Waals surface area contributed by atoms with E-state index in [1.807, 2.05) is 0 Å². The number of carbonyl (C=O) groups excluding carboxylic acids is 1. The first kappa shape index (κ1) is 16.7. The standard InChI is InChI=1S/C16H19N3O4S/c20-16(15-4-3-11-23-15)18-14-7-5-13(6-8-14)12-17-24(21,22)19-9-1-2-10-19/h3-8,11,17H,1-2,9-10,12H2,(H,18,20). The molecule has 0 unspecified atom stereocenters. The zero-order chi connectivity index (χ0) is 17.0. The second-order valence-electron chi connectivity index (χ2n) is 5.56. The van der Waals surface area contributed by atoms with Crippen molar-refractivity contribution in [2.24, 2.45) is 0 Å². The molecular formula is C16H19N3O4S. The summed E-state index contributed by atoms with van der Waals surface area (Å²) in [6.45, 7) is 1.37. The number of amides is 1. The molecule has 0 spiro atoms. The van der Waals surface area contributed by atoms with Crippen molar-refractivity contribution in [3.05, 3.63) is 54.0 Å². The molecule has 1 aliphatic heterocycles. The molecule has 128 valence electrons. The summed E-state index contributed by atoms with van der Waals surface area (Å²) >= 11 is 0. The van der Waals surface area contributed by atoms with E-state index in [1.165, 1.54) is 10.6 Å². The van der Waals surface area contributed by atoms with Crippen LogP contribution in [-0.2, 0) is 16.8 Å². The number of furan rings is 1. The third-order valence-electron chi connectivity index (χ3n) is 3.82. The normalized spacial score (nSPS) is 15.5. The largest absolute Gasteiger partial charge is 0.459 e. The van der Waals surface area contributed by atoms with Gasteiger partial charge >= 0.3 is 0 Å². The molecule has 1 fully saturated rings. The highest BCUT2D eigenvalue weighted by Crippen LogP contribution is 2.14. The van der Waals surface area contributed by atoms with Crippen LogP contribution in [0.1, 0.15) is 29.0 Å². The van der Waals surface area contributed by atoms with E-state index < -0.39 is 10.2 Å². The van der Waals surface area contributed by atoms with E-state index >= 15 is 0 Å². The summed E-state index contributed by atoms with van der Waals surface area (Å²) in [5, 5.41) is 2.71. The Balaban J connectivity index is 1.55. The molecule has 8 heteroatoms. The maximum atomic E-state index is 12.1. The van der Waals surface area contributed by atoms with Gasteiger partial charge in [-0.3, -0.25) is 4.79 Å². The van der Waals surface area contributed by atoms with Crippen molar-refractivity contribution in [3.63, 3.8) is 0 Å². The Bertz CT molecular complexity index is 779. The van der Waals surface area contributed by atoms with Crippen LogP contribution in [-0.4, -0.2) is 31.7 Å². The predicted molar refractivity (Wildman–Crippen MR) is 89.7 cm³/mol. The maximum absolute atomic E-state index is 12.1. The summed E-state index contributed by atoms with van der Waals surface area (Å²) in [5.74, 6) is -0.0973. The highest BCUT2D eigenvalue weighted by molar-refractivity contribution is 7.87. The monoisotopic (exact) mass is 349 g/mol.